The van der Waals surface area contributed by atoms with E-state index in [9.17, 15) is 8.42 Å². The van der Waals surface area contributed by atoms with Crippen molar-refractivity contribution >= 4 is 15.5 Å². The Labute approximate surface area is 115 Å². The fraction of sp³-hybridized carbons (Fsp3) is 0.643. The molecule has 0 aromatic carbocycles. The van der Waals surface area contributed by atoms with Crippen molar-refractivity contribution in [1.29, 1.82) is 0 Å². The lowest BCUT2D eigenvalue weighted by Crippen LogP contribution is -2.14. The molecule has 0 saturated carbocycles. The maximum absolute atomic E-state index is 11.4. The van der Waals surface area contributed by atoms with Gasteiger partial charge in [-0.15, -0.1) is 0 Å². The molecule has 0 unspecified atom stereocenters. The van der Waals surface area contributed by atoms with Crippen molar-refractivity contribution in [1.82, 2.24) is 0 Å². The molecule has 5 heteroatoms. The summed E-state index contributed by atoms with van der Waals surface area (Å²) in [5.41, 5.74) is 3.10. The van der Waals surface area contributed by atoms with Crippen LogP contribution < -0.4 is 0 Å². The van der Waals surface area contributed by atoms with E-state index in [2.05, 4.69) is 18.0 Å². The fourth-order valence-electron chi connectivity index (χ4n) is 2.42. The Hall–Kier alpha value is -0.940. The number of hydrogen-bond acceptors (Lipinski definition) is 4. The summed E-state index contributed by atoms with van der Waals surface area (Å²) in [6.45, 7) is 4.26. The zero-order chi connectivity index (χ0) is 13.9. The first-order valence-corrected chi connectivity index (χ1v) is 8.70. The van der Waals surface area contributed by atoms with Crippen molar-refractivity contribution < 1.29 is 13.2 Å². The highest BCUT2D eigenvalue weighted by Crippen LogP contribution is 2.20. The number of nitrogens with zero attached hydrogens (tertiary/aromatic N) is 1. The van der Waals surface area contributed by atoms with Crippen LogP contribution in [0.25, 0.3) is 0 Å². The van der Waals surface area contributed by atoms with Gasteiger partial charge in [-0.2, -0.15) is 0 Å². The zero-order valence-electron chi connectivity index (χ0n) is 11.6. The first-order chi connectivity index (χ1) is 8.94. The molecule has 0 fully saturated rings. The molecule has 106 valence electrons. The van der Waals surface area contributed by atoms with Gasteiger partial charge in [-0.3, -0.25) is 4.99 Å². The van der Waals surface area contributed by atoms with Gasteiger partial charge in [0.15, 0.2) is 9.84 Å². The van der Waals surface area contributed by atoms with E-state index in [1.807, 2.05) is 6.08 Å². The first-order valence-electron chi connectivity index (χ1n) is 6.64. The lowest BCUT2D eigenvalue weighted by atomic mass is 9.98. The Kier molecular flexibility index (Phi) is 4.58. The van der Waals surface area contributed by atoms with E-state index in [-0.39, 0.29) is 5.75 Å². The molecule has 0 N–H and O–H groups in total. The van der Waals surface area contributed by atoms with Crippen LogP contribution in [-0.4, -0.2) is 45.9 Å². The quantitative estimate of drug-likeness (QED) is 0.793. The molecule has 0 aromatic rings. The molecule has 2 heterocycles. The molecule has 0 amide bonds. The van der Waals surface area contributed by atoms with Crippen LogP contribution in [0.3, 0.4) is 0 Å². The molecule has 19 heavy (non-hydrogen) atoms. The second kappa shape index (κ2) is 6.01. The number of aliphatic imine (C=N–C) groups is 1. The third kappa shape index (κ3) is 4.58. The van der Waals surface area contributed by atoms with Gasteiger partial charge in [0.25, 0.3) is 0 Å². The highest BCUT2D eigenvalue weighted by Gasteiger charge is 2.16. The molecule has 0 saturated heterocycles. The SMILES string of the molecule is C[C@H]1C=C(C2=NCCC(CS(C)(=O)=O)=C2)CCOC1. The predicted molar refractivity (Wildman–Crippen MR) is 77.4 cm³/mol. The Bertz CT molecular complexity index is 529. The molecule has 2 rings (SSSR count). The number of sulfone groups is 1. The Morgan fingerprint density at radius 3 is 2.95 bits per heavy atom. The van der Waals surface area contributed by atoms with Gasteiger partial charge in [0, 0.05) is 12.8 Å². The summed E-state index contributed by atoms with van der Waals surface area (Å²) in [6, 6.07) is 0. The fourth-order valence-corrected chi connectivity index (χ4v) is 3.32. The average molecular weight is 283 g/mol. The largest absolute Gasteiger partial charge is 0.381 e. The van der Waals surface area contributed by atoms with E-state index in [1.165, 1.54) is 11.8 Å². The number of allylic oxidation sites excluding steroid dienone is 1. The van der Waals surface area contributed by atoms with Crippen LogP contribution in [0, 0.1) is 5.92 Å². The molecule has 4 nitrogen and oxygen atoms in total. The van der Waals surface area contributed by atoms with Crippen molar-refractivity contribution in [2.24, 2.45) is 10.9 Å². The van der Waals surface area contributed by atoms with E-state index in [0.717, 1.165) is 30.7 Å². The van der Waals surface area contributed by atoms with Gasteiger partial charge in [-0.05, 0) is 30.4 Å². The molecular weight excluding hydrogens is 262 g/mol. The second-order valence-electron chi connectivity index (χ2n) is 5.38. The number of hydrogen-bond donors (Lipinski definition) is 0. The molecule has 0 spiro atoms. The van der Waals surface area contributed by atoms with E-state index in [4.69, 9.17) is 4.74 Å². The van der Waals surface area contributed by atoms with Crippen molar-refractivity contribution in [3.8, 4) is 0 Å². The van der Waals surface area contributed by atoms with Crippen LogP contribution in [0.15, 0.2) is 28.3 Å². The standard InChI is InChI=1S/C14H21NO3S/c1-11-7-13(4-6-18-9-11)14-8-12(3-5-15-14)10-19(2,16)17/h7-8,11H,3-6,9-10H2,1-2H3/t11-/m0/s1. The van der Waals surface area contributed by atoms with Crippen molar-refractivity contribution in [3.05, 3.63) is 23.3 Å². The predicted octanol–water partition coefficient (Wildman–Crippen LogP) is 1.78. The van der Waals surface area contributed by atoms with Gasteiger partial charge in [-0.1, -0.05) is 18.6 Å². The highest BCUT2D eigenvalue weighted by atomic mass is 32.2. The van der Waals surface area contributed by atoms with Crippen LogP contribution in [-0.2, 0) is 14.6 Å². The Morgan fingerprint density at radius 1 is 1.42 bits per heavy atom. The maximum Gasteiger partial charge on any atom is 0.151 e. The highest BCUT2D eigenvalue weighted by molar-refractivity contribution is 7.90. The summed E-state index contributed by atoms with van der Waals surface area (Å²) in [7, 11) is -2.96. The molecule has 1 atom stereocenters. The van der Waals surface area contributed by atoms with Crippen molar-refractivity contribution in [3.63, 3.8) is 0 Å². The molecule has 0 bridgehead atoms. The summed E-state index contributed by atoms with van der Waals surface area (Å²) < 4.78 is 28.3. The second-order valence-corrected chi connectivity index (χ2v) is 7.52. The van der Waals surface area contributed by atoms with Gasteiger partial charge in [0.1, 0.15) is 0 Å². The molecular formula is C14H21NO3S. The number of ether oxygens (including phenoxy) is 1. The van der Waals surface area contributed by atoms with Gasteiger partial charge < -0.3 is 4.74 Å². The maximum atomic E-state index is 11.4. The molecule has 0 aliphatic carbocycles. The van der Waals surface area contributed by atoms with Crippen LogP contribution in [0.5, 0.6) is 0 Å². The summed E-state index contributed by atoms with van der Waals surface area (Å²) in [4.78, 5) is 4.53. The normalized spacial score (nSPS) is 25.2. The Morgan fingerprint density at radius 2 is 2.21 bits per heavy atom. The Balaban J connectivity index is 2.18. The topological polar surface area (TPSA) is 55.7 Å². The van der Waals surface area contributed by atoms with Gasteiger partial charge in [-0.25, -0.2) is 8.42 Å². The van der Waals surface area contributed by atoms with E-state index >= 15 is 0 Å². The van der Waals surface area contributed by atoms with E-state index in [1.54, 1.807) is 0 Å². The monoisotopic (exact) mass is 283 g/mol. The van der Waals surface area contributed by atoms with Gasteiger partial charge in [0.2, 0.25) is 0 Å². The lowest BCUT2D eigenvalue weighted by Gasteiger charge is -2.15. The molecule has 2 aliphatic heterocycles. The van der Waals surface area contributed by atoms with Gasteiger partial charge >= 0.3 is 0 Å². The van der Waals surface area contributed by atoms with Crippen molar-refractivity contribution in [2.75, 3.05) is 31.8 Å². The lowest BCUT2D eigenvalue weighted by molar-refractivity contribution is 0.126. The molecule has 2 aliphatic rings. The zero-order valence-corrected chi connectivity index (χ0v) is 12.4. The summed E-state index contributed by atoms with van der Waals surface area (Å²) >= 11 is 0. The summed E-state index contributed by atoms with van der Waals surface area (Å²) in [5.74, 6) is 0.527. The number of dihydropyridines is 1. The minimum Gasteiger partial charge on any atom is -0.381 e. The van der Waals surface area contributed by atoms with Gasteiger partial charge in [0.05, 0.1) is 24.7 Å². The van der Waals surface area contributed by atoms with Crippen LogP contribution in [0.2, 0.25) is 0 Å². The minimum atomic E-state index is -2.96. The minimum absolute atomic E-state index is 0.144. The van der Waals surface area contributed by atoms with E-state index in [0.29, 0.717) is 19.1 Å². The number of rotatable bonds is 3. The van der Waals surface area contributed by atoms with Crippen LogP contribution in [0.1, 0.15) is 19.8 Å². The molecule has 0 aromatic heterocycles. The van der Waals surface area contributed by atoms with E-state index < -0.39 is 9.84 Å². The third-order valence-corrected chi connectivity index (χ3v) is 4.11. The van der Waals surface area contributed by atoms with Crippen LogP contribution in [0.4, 0.5) is 0 Å². The summed E-state index contributed by atoms with van der Waals surface area (Å²) in [5, 5.41) is 0. The smallest absolute Gasteiger partial charge is 0.151 e. The first kappa shape index (κ1) is 14.5. The van der Waals surface area contributed by atoms with Crippen molar-refractivity contribution in [2.45, 2.75) is 19.8 Å². The summed E-state index contributed by atoms with van der Waals surface area (Å²) in [6.07, 6.45) is 7.03. The third-order valence-electron chi connectivity index (χ3n) is 3.21. The molecule has 0 radical (unpaired) electrons. The van der Waals surface area contributed by atoms with Crippen LogP contribution >= 0.6 is 0 Å². The average Bonchev–Trinajstić information content (AvgIpc) is 2.52.